The zero-order valence-electron chi connectivity index (χ0n) is 9.42. The van der Waals surface area contributed by atoms with E-state index in [1.807, 2.05) is 0 Å². The number of hydrogen-bond donors (Lipinski definition) is 1. The maximum Gasteiger partial charge on any atom is 0.324 e. The predicted octanol–water partition coefficient (Wildman–Crippen LogP) is 1.60. The van der Waals surface area contributed by atoms with Gasteiger partial charge in [-0.25, -0.2) is 4.79 Å². The largest absolute Gasteiger partial charge is 0.324 e. The van der Waals surface area contributed by atoms with Crippen LogP contribution in [0.5, 0.6) is 0 Å². The average Bonchev–Trinajstić information content (AvgIpc) is 3.00. The van der Waals surface area contributed by atoms with Crippen molar-refractivity contribution in [2.45, 2.75) is 12.8 Å². The van der Waals surface area contributed by atoms with Crippen molar-refractivity contribution in [2.24, 2.45) is 0 Å². The summed E-state index contributed by atoms with van der Waals surface area (Å²) in [6.45, 7) is 1.29. The second kappa shape index (κ2) is 5.13. The number of urea groups is 1. The molecule has 0 aliphatic carbocycles. The first kappa shape index (κ1) is 12.5. The Kier molecular flexibility index (Phi) is 3.56. The van der Waals surface area contributed by atoms with Crippen molar-refractivity contribution in [3.8, 4) is 0 Å². The van der Waals surface area contributed by atoms with Crippen LogP contribution in [-0.4, -0.2) is 34.9 Å². The molecule has 0 atom stereocenters. The molecule has 7 nitrogen and oxygen atoms in total. The highest BCUT2D eigenvalue weighted by molar-refractivity contribution is 7.17. The molecule has 2 heterocycles. The van der Waals surface area contributed by atoms with E-state index in [0.717, 1.165) is 24.2 Å². The number of carbonyl (C=O) groups is 2. The van der Waals surface area contributed by atoms with Gasteiger partial charge in [0, 0.05) is 19.2 Å². The highest BCUT2D eigenvalue weighted by Crippen LogP contribution is 2.23. The second-order valence-electron chi connectivity index (χ2n) is 3.85. The Hall–Kier alpha value is -1.96. The van der Waals surface area contributed by atoms with E-state index in [1.165, 1.54) is 12.1 Å². The first-order valence-corrected chi connectivity index (χ1v) is 6.24. The summed E-state index contributed by atoms with van der Waals surface area (Å²) in [5, 5.41) is 12.6. The standard InChI is InChI=1S/C10H11N3O4S/c14-9(7-3-4-8(18-7)13(16)17)11-10(15)12-5-1-2-6-12/h3-4H,1-2,5-6H2,(H,11,14,15). The quantitative estimate of drug-likeness (QED) is 0.652. The number of hydrogen-bond acceptors (Lipinski definition) is 5. The maximum absolute atomic E-state index is 11.7. The fraction of sp³-hybridized carbons (Fsp3) is 0.400. The average molecular weight is 269 g/mol. The van der Waals surface area contributed by atoms with Gasteiger partial charge in [0.25, 0.3) is 5.91 Å². The Bertz CT molecular complexity index is 493. The van der Waals surface area contributed by atoms with Gasteiger partial charge in [-0.3, -0.25) is 20.2 Å². The fourth-order valence-electron chi connectivity index (χ4n) is 1.71. The van der Waals surface area contributed by atoms with Crippen LogP contribution in [0.25, 0.3) is 0 Å². The summed E-state index contributed by atoms with van der Waals surface area (Å²) in [6, 6.07) is 2.16. The lowest BCUT2D eigenvalue weighted by atomic mass is 10.4. The van der Waals surface area contributed by atoms with Crippen LogP contribution in [0.4, 0.5) is 9.80 Å². The highest BCUT2D eigenvalue weighted by Gasteiger charge is 2.22. The van der Waals surface area contributed by atoms with Gasteiger partial charge in [0.15, 0.2) is 0 Å². The van der Waals surface area contributed by atoms with Crippen molar-refractivity contribution in [3.63, 3.8) is 0 Å². The van der Waals surface area contributed by atoms with E-state index in [-0.39, 0.29) is 9.88 Å². The summed E-state index contributed by atoms with van der Waals surface area (Å²) >= 11 is 0.752. The van der Waals surface area contributed by atoms with Crippen LogP contribution in [0, 0.1) is 10.1 Å². The van der Waals surface area contributed by atoms with E-state index in [4.69, 9.17) is 0 Å². The molecule has 0 spiro atoms. The Morgan fingerprint density at radius 1 is 1.33 bits per heavy atom. The molecule has 3 amide bonds. The zero-order valence-corrected chi connectivity index (χ0v) is 10.2. The normalized spacial score (nSPS) is 14.6. The minimum Gasteiger partial charge on any atom is -0.324 e. The van der Waals surface area contributed by atoms with Crippen LogP contribution >= 0.6 is 11.3 Å². The third-order valence-electron chi connectivity index (χ3n) is 2.61. The van der Waals surface area contributed by atoms with Gasteiger partial charge >= 0.3 is 11.0 Å². The Labute approximate surface area is 107 Å². The van der Waals surface area contributed by atoms with Crippen LogP contribution in [-0.2, 0) is 0 Å². The van der Waals surface area contributed by atoms with E-state index in [0.29, 0.717) is 13.1 Å². The first-order chi connectivity index (χ1) is 8.58. The van der Waals surface area contributed by atoms with Crippen LogP contribution in [0.15, 0.2) is 12.1 Å². The van der Waals surface area contributed by atoms with Crippen molar-refractivity contribution in [1.29, 1.82) is 0 Å². The maximum atomic E-state index is 11.7. The number of amides is 3. The van der Waals surface area contributed by atoms with Crippen molar-refractivity contribution in [1.82, 2.24) is 10.2 Å². The number of likely N-dealkylation sites (tertiary alicyclic amines) is 1. The summed E-state index contributed by atoms with van der Waals surface area (Å²) in [5.41, 5.74) is 0. The third kappa shape index (κ3) is 2.65. The number of nitrogens with zero attached hydrogens (tertiary/aromatic N) is 2. The molecule has 0 unspecified atom stereocenters. The van der Waals surface area contributed by atoms with E-state index in [1.54, 1.807) is 4.90 Å². The SMILES string of the molecule is O=C(NC(=O)N1CCCC1)c1ccc([N+](=O)[O-])s1. The molecule has 1 aliphatic rings. The summed E-state index contributed by atoms with van der Waals surface area (Å²) in [6.07, 6.45) is 1.87. The lowest BCUT2D eigenvalue weighted by molar-refractivity contribution is -0.380. The number of nitrogens with one attached hydrogen (secondary N) is 1. The van der Waals surface area contributed by atoms with Crippen LogP contribution in [0.2, 0.25) is 0 Å². The lowest BCUT2D eigenvalue weighted by Crippen LogP contribution is -2.41. The summed E-state index contributed by atoms with van der Waals surface area (Å²) in [4.78, 5) is 34.9. The number of imide groups is 1. The summed E-state index contributed by atoms with van der Waals surface area (Å²) < 4.78 is 0. The highest BCUT2D eigenvalue weighted by atomic mass is 32.1. The molecule has 0 radical (unpaired) electrons. The molecule has 0 bridgehead atoms. The lowest BCUT2D eigenvalue weighted by Gasteiger charge is -2.14. The van der Waals surface area contributed by atoms with E-state index >= 15 is 0 Å². The van der Waals surface area contributed by atoms with Gasteiger partial charge in [0.2, 0.25) is 0 Å². The Balaban J connectivity index is 1.98. The topological polar surface area (TPSA) is 92.6 Å². The van der Waals surface area contributed by atoms with Gasteiger partial charge in [0.05, 0.1) is 9.80 Å². The molecule has 1 aliphatic heterocycles. The molecule has 1 aromatic rings. The number of carbonyl (C=O) groups excluding carboxylic acids is 2. The van der Waals surface area contributed by atoms with Gasteiger partial charge < -0.3 is 4.90 Å². The van der Waals surface area contributed by atoms with Gasteiger partial charge in [0.1, 0.15) is 0 Å². The molecule has 8 heteroatoms. The molecule has 1 aromatic heterocycles. The van der Waals surface area contributed by atoms with Crippen molar-refractivity contribution >= 4 is 28.3 Å². The van der Waals surface area contributed by atoms with Crippen molar-refractivity contribution < 1.29 is 14.5 Å². The molecule has 18 heavy (non-hydrogen) atoms. The van der Waals surface area contributed by atoms with Gasteiger partial charge in [-0.05, 0) is 18.9 Å². The van der Waals surface area contributed by atoms with Crippen LogP contribution < -0.4 is 5.32 Å². The molecule has 2 rings (SSSR count). The summed E-state index contributed by atoms with van der Waals surface area (Å²) in [5.74, 6) is -0.593. The number of nitro groups is 1. The molecule has 1 N–H and O–H groups in total. The molecular formula is C10H11N3O4S. The monoisotopic (exact) mass is 269 g/mol. The van der Waals surface area contributed by atoms with Gasteiger partial charge in [-0.1, -0.05) is 11.3 Å². The molecular weight excluding hydrogens is 258 g/mol. The summed E-state index contributed by atoms with van der Waals surface area (Å²) in [7, 11) is 0. The third-order valence-corrected chi connectivity index (χ3v) is 3.64. The fourth-order valence-corrected chi connectivity index (χ4v) is 2.42. The minimum absolute atomic E-state index is 0.117. The van der Waals surface area contributed by atoms with E-state index in [2.05, 4.69) is 5.32 Å². The smallest absolute Gasteiger partial charge is 0.324 e. The zero-order chi connectivity index (χ0) is 13.1. The Morgan fingerprint density at radius 3 is 2.56 bits per heavy atom. The first-order valence-electron chi connectivity index (χ1n) is 5.42. The predicted molar refractivity (Wildman–Crippen MR) is 64.6 cm³/mol. The molecule has 1 saturated heterocycles. The van der Waals surface area contributed by atoms with Crippen molar-refractivity contribution in [2.75, 3.05) is 13.1 Å². The van der Waals surface area contributed by atoms with Crippen LogP contribution in [0.3, 0.4) is 0 Å². The molecule has 1 fully saturated rings. The number of thiophene rings is 1. The minimum atomic E-state index is -0.593. The Morgan fingerprint density at radius 2 is 2.00 bits per heavy atom. The van der Waals surface area contributed by atoms with E-state index in [9.17, 15) is 19.7 Å². The van der Waals surface area contributed by atoms with Crippen LogP contribution in [0.1, 0.15) is 22.5 Å². The van der Waals surface area contributed by atoms with Gasteiger partial charge in [-0.2, -0.15) is 0 Å². The molecule has 0 aromatic carbocycles. The van der Waals surface area contributed by atoms with Gasteiger partial charge in [-0.15, -0.1) is 0 Å². The molecule has 0 saturated carbocycles. The molecule has 96 valence electrons. The second-order valence-corrected chi connectivity index (χ2v) is 4.91. The van der Waals surface area contributed by atoms with Crippen molar-refractivity contribution in [3.05, 3.63) is 27.1 Å². The van der Waals surface area contributed by atoms with E-state index < -0.39 is 16.9 Å². The number of rotatable bonds is 2.